The minimum Gasteiger partial charge on any atom is -0.341 e. The van der Waals surface area contributed by atoms with Crippen LogP contribution in [0.25, 0.3) is 0 Å². The van der Waals surface area contributed by atoms with Crippen LogP contribution in [-0.4, -0.2) is 54.5 Å². The van der Waals surface area contributed by atoms with Crippen molar-refractivity contribution in [2.75, 3.05) is 32.7 Å². The fourth-order valence-corrected chi connectivity index (χ4v) is 2.83. The molecule has 1 atom stereocenters. The monoisotopic (exact) mass is 266 g/mol. The van der Waals surface area contributed by atoms with Gasteiger partial charge in [-0.25, -0.2) is 0 Å². The molecule has 2 aliphatic rings. The second-order valence-corrected chi connectivity index (χ2v) is 4.93. The van der Waals surface area contributed by atoms with Crippen molar-refractivity contribution < 1.29 is 4.79 Å². The first kappa shape index (κ1) is 15.9. The van der Waals surface area contributed by atoms with Crippen LogP contribution in [0, 0.1) is 17.2 Å². The van der Waals surface area contributed by atoms with E-state index < -0.39 is 0 Å². The van der Waals surface area contributed by atoms with E-state index in [4.69, 9.17) is 11.0 Å². The van der Waals surface area contributed by atoms with Gasteiger partial charge in [0.15, 0.2) is 0 Å². The van der Waals surface area contributed by atoms with Crippen molar-refractivity contribution in [2.45, 2.75) is 39.2 Å². The molecule has 0 radical (unpaired) electrons. The summed E-state index contributed by atoms with van der Waals surface area (Å²) in [6, 6.07) is 2.90. The lowest BCUT2D eigenvalue weighted by molar-refractivity contribution is -0.131. The minimum absolute atomic E-state index is 0.0553. The third kappa shape index (κ3) is 4.19. The van der Waals surface area contributed by atoms with Gasteiger partial charge in [-0.2, -0.15) is 5.26 Å². The van der Waals surface area contributed by atoms with Gasteiger partial charge in [0.05, 0.1) is 18.5 Å². The standard InChI is InChI=1S/C12H20N4O.C2H6/c13-7-10-1-4-16(9-10)11-2-5-15(6-3-11)12(17)8-14;1-2/h10-11H,1-6,8-9,14H2;1-2H3. The molecule has 0 spiro atoms. The summed E-state index contributed by atoms with van der Waals surface area (Å²) in [6.07, 6.45) is 3.03. The Kier molecular flexibility index (Phi) is 6.82. The number of piperidine rings is 1. The first-order chi connectivity index (χ1) is 9.24. The Balaban J connectivity index is 0.000000861. The maximum absolute atomic E-state index is 11.4. The molecule has 0 saturated carbocycles. The van der Waals surface area contributed by atoms with E-state index in [9.17, 15) is 4.79 Å². The fourth-order valence-electron chi connectivity index (χ4n) is 2.83. The molecular weight excluding hydrogens is 240 g/mol. The van der Waals surface area contributed by atoms with Crippen molar-refractivity contribution in [2.24, 2.45) is 11.7 Å². The van der Waals surface area contributed by atoms with E-state index in [1.807, 2.05) is 18.7 Å². The van der Waals surface area contributed by atoms with E-state index in [1.54, 1.807) is 0 Å². The molecule has 0 aromatic rings. The molecule has 1 amide bonds. The van der Waals surface area contributed by atoms with Gasteiger partial charge in [-0.1, -0.05) is 13.8 Å². The predicted molar refractivity (Wildman–Crippen MR) is 75.3 cm³/mol. The van der Waals surface area contributed by atoms with Crippen LogP contribution >= 0.6 is 0 Å². The van der Waals surface area contributed by atoms with Gasteiger partial charge in [0.25, 0.3) is 0 Å². The van der Waals surface area contributed by atoms with Crippen molar-refractivity contribution in [3.63, 3.8) is 0 Å². The molecule has 2 rings (SSSR count). The number of nitrogens with two attached hydrogens (primary N) is 1. The summed E-state index contributed by atoms with van der Waals surface area (Å²) in [6.45, 7) is 7.69. The largest absolute Gasteiger partial charge is 0.341 e. The molecule has 19 heavy (non-hydrogen) atoms. The van der Waals surface area contributed by atoms with Gasteiger partial charge >= 0.3 is 0 Å². The molecule has 1 unspecified atom stereocenters. The average molecular weight is 266 g/mol. The SMILES string of the molecule is CC.N#CC1CCN(C2CCN(C(=O)CN)CC2)C1. The van der Waals surface area contributed by atoms with Gasteiger partial charge in [-0.15, -0.1) is 0 Å². The summed E-state index contributed by atoms with van der Waals surface area (Å²) < 4.78 is 0. The number of nitrogens with zero attached hydrogens (tertiary/aromatic N) is 3. The van der Waals surface area contributed by atoms with E-state index in [-0.39, 0.29) is 18.4 Å². The normalized spacial score (nSPS) is 24.5. The molecule has 2 aliphatic heterocycles. The summed E-state index contributed by atoms with van der Waals surface area (Å²) in [7, 11) is 0. The topological polar surface area (TPSA) is 73.4 Å². The first-order valence-corrected chi connectivity index (χ1v) is 7.36. The summed E-state index contributed by atoms with van der Waals surface area (Å²) in [5.41, 5.74) is 5.36. The first-order valence-electron chi connectivity index (χ1n) is 7.36. The number of carbonyl (C=O) groups is 1. The molecule has 5 heteroatoms. The summed E-state index contributed by atoms with van der Waals surface area (Å²) in [4.78, 5) is 15.7. The van der Waals surface area contributed by atoms with Crippen molar-refractivity contribution in [3.05, 3.63) is 0 Å². The summed E-state index contributed by atoms with van der Waals surface area (Å²) in [5, 5.41) is 8.89. The van der Waals surface area contributed by atoms with Gasteiger partial charge in [0.2, 0.25) is 5.91 Å². The van der Waals surface area contributed by atoms with Crippen LogP contribution in [0.5, 0.6) is 0 Å². The summed E-state index contributed by atoms with van der Waals surface area (Å²) >= 11 is 0. The van der Waals surface area contributed by atoms with Crippen LogP contribution < -0.4 is 5.73 Å². The Morgan fingerprint density at radius 2 is 1.89 bits per heavy atom. The van der Waals surface area contributed by atoms with Gasteiger partial charge < -0.3 is 10.6 Å². The molecule has 0 aliphatic carbocycles. The van der Waals surface area contributed by atoms with Crippen LogP contribution in [0.15, 0.2) is 0 Å². The number of likely N-dealkylation sites (tertiary alicyclic amines) is 2. The van der Waals surface area contributed by atoms with Gasteiger partial charge in [0, 0.05) is 25.7 Å². The summed E-state index contributed by atoms with van der Waals surface area (Å²) in [5.74, 6) is 0.262. The van der Waals surface area contributed by atoms with Crippen molar-refractivity contribution in [3.8, 4) is 6.07 Å². The number of carbonyl (C=O) groups excluding carboxylic acids is 1. The molecule has 2 N–H and O–H groups in total. The van der Waals surface area contributed by atoms with Crippen molar-refractivity contribution >= 4 is 5.91 Å². The minimum atomic E-state index is 0.0553. The lowest BCUT2D eigenvalue weighted by Gasteiger charge is -2.36. The van der Waals surface area contributed by atoms with Crippen LogP contribution in [0.4, 0.5) is 0 Å². The van der Waals surface area contributed by atoms with E-state index in [0.29, 0.717) is 6.04 Å². The van der Waals surface area contributed by atoms with Crippen molar-refractivity contribution in [1.29, 1.82) is 5.26 Å². The van der Waals surface area contributed by atoms with E-state index in [1.165, 1.54) is 0 Å². The third-order valence-electron chi connectivity index (χ3n) is 3.91. The van der Waals surface area contributed by atoms with Crippen LogP contribution in [0.1, 0.15) is 33.1 Å². The second-order valence-electron chi connectivity index (χ2n) is 4.93. The van der Waals surface area contributed by atoms with E-state index in [0.717, 1.165) is 45.4 Å². The molecule has 2 fully saturated rings. The zero-order valence-electron chi connectivity index (χ0n) is 12.1. The Hall–Kier alpha value is -1.12. The maximum Gasteiger partial charge on any atom is 0.236 e. The fraction of sp³-hybridized carbons (Fsp3) is 0.857. The van der Waals surface area contributed by atoms with E-state index >= 15 is 0 Å². The second kappa shape index (κ2) is 8.13. The Labute approximate surface area is 116 Å². The predicted octanol–water partition coefficient (Wildman–Crippen LogP) is 0.808. The molecule has 0 aromatic carbocycles. The number of nitriles is 1. The van der Waals surface area contributed by atoms with E-state index in [2.05, 4.69) is 11.0 Å². The number of rotatable bonds is 2. The highest BCUT2D eigenvalue weighted by molar-refractivity contribution is 5.78. The Morgan fingerprint density at radius 1 is 1.26 bits per heavy atom. The highest BCUT2D eigenvalue weighted by atomic mass is 16.2. The molecule has 108 valence electrons. The Bertz CT molecular complexity index is 318. The third-order valence-corrected chi connectivity index (χ3v) is 3.91. The molecular formula is C14H26N4O. The smallest absolute Gasteiger partial charge is 0.236 e. The zero-order chi connectivity index (χ0) is 14.3. The molecule has 0 aromatic heterocycles. The highest BCUT2D eigenvalue weighted by Crippen LogP contribution is 2.23. The quantitative estimate of drug-likeness (QED) is 0.802. The number of hydrogen-bond acceptors (Lipinski definition) is 4. The molecule has 2 heterocycles. The lowest BCUT2D eigenvalue weighted by Crippen LogP contribution is -2.47. The van der Waals surface area contributed by atoms with Crippen LogP contribution in [-0.2, 0) is 4.79 Å². The van der Waals surface area contributed by atoms with Gasteiger partial charge in [0.1, 0.15) is 0 Å². The van der Waals surface area contributed by atoms with Crippen LogP contribution in [0.3, 0.4) is 0 Å². The molecule has 2 saturated heterocycles. The van der Waals surface area contributed by atoms with Gasteiger partial charge in [-0.3, -0.25) is 9.69 Å². The molecule has 5 nitrogen and oxygen atoms in total. The number of hydrogen-bond donors (Lipinski definition) is 1. The Morgan fingerprint density at radius 3 is 2.37 bits per heavy atom. The maximum atomic E-state index is 11.4. The number of amides is 1. The lowest BCUT2D eigenvalue weighted by atomic mass is 10.0. The van der Waals surface area contributed by atoms with Crippen molar-refractivity contribution in [1.82, 2.24) is 9.80 Å². The van der Waals surface area contributed by atoms with Crippen LogP contribution in [0.2, 0.25) is 0 Å². The zero-order valence-corrected chi connectivity index (χ0v) is 12.1. The highest BCUT2D eigenvalue weighted by Gasteiger charge is 2.31. The average Bonchev–Trinajstić information content (AvgIpc) is 2.97. The van der Waals surface area contributed by atoms with Gasteiger partial charge in [-0.05, 0) is 25.8 Å². The molecule has 0 bridgehead atoms.